The number of hydrogen-bond donors (Lipinski definition) is 0. The molecule has 16 heavy (non-hydrogen) atoms. The molecule has 0 aromatic heterocycles. The lowest BCUT2D eigenvalue weighted by Gasteiger charge is -2.28. The highest BCUT2D eigenvalue weighted by Crippen LogP contribution is 2.31. The van der Waals surface area contributed by atoms with E-state index in [4.69, 9.17) is 4.74 Å². The molecule has 4 heteroatoms. The monoisotopic (exact) mass is 226 g/mol. The first-order valence-electron chi connectivity index (χ1n) is 6.05. The normalized spacial score (nSPS) is 30.6. The van der Waals surface area contributed by atoms with Gasteiger partial charge in [-0.3, -0.25) is 0 Å². The van der Waals surface area contributed by atoms with E-state index in [9.17, 15) is 4.79 Å². The van der Waals surface area contributed by atoms with Gasteiger partial charge in [0.1, 0.15) is 5.60 Å². The number of carbonyl (C=O) groups excluding carboxylic acids is 1. The fraction of sp³-hybridized carbons (Fsp3) is 0.917. The van der Waals surface area contributed by atoms with Crippen LogP contribution >= 0.6 is 0 Å². The zero-order valence-corrected chi connectivity index (χ0v) is 10.7. The van der Waals surface area contributed by atoms with Crippen molar-refractivity contribution in [3.8, 4) is 0 Å². The summed E-state index contributed by atoms with van der Waals surface area (Å²) in [4.78, 5) is 16.2. The third kappa shape index (κ3) is 2.32. The van der Waals surface area contributed by atoms with Crippen LogP contribution in [-0.4, -0.2) is 54.2 Å². The van der Waals surface area contributed by atoms with E-state index in [0.717, 1.165) is 26.1 Å². The van der Waals surface area contributed by atoms with Crippen LogP contribution in [-0.2, 0) is 4.74 Å². The molecule has 2 aliphatic rings. The molecule has 0 radical (unpaired) electrons. The molecular formula is C12H22N2O2. The smallest absolute Gasteiger partial charge is 0.410 e. The molecular weight excluding hydrogens is 204 g/mol. The standard InChI is InChI=1S/C12H22N2O2/c1-12(2,3)16-11(15)14-6-5-9-7-13(4)8-10(9)14/h9-10H,5-8H2,1-4H3. The molecule has 0 bridgehead atoms. The molecule has 2 atom stereocenters. The van der Waals surface area contributed by atoms with Crippen LogP contribution < -0.4 is 0 Å². The van der Waals surface area contributed by atoms with Crippen LogP contribution in [0.15, 0.2) is 0 Å². The van der Waals surface area contributed by atoms with E-state index in [-0.39, 0.29) is 11.7 Å². The second-order valence-electron chi connectivity index (χ2n) is 6.01. The molecule has 2 heterocycles. The maximum Gasteiger partial charge on any atom is 0.410 e. The molecule has 0 aromatic rings. The SMILES string of the molecule is CN1CC2CCN(C(=O)OC(C)(C)C)C2C1. The number of likely N-dealkylation sites (N-methyl/N-ethyl adjacent to an activating group) is 1. The van der Waals surface area contributed by atoms with E-state index < -0.39 is 0 Å². The quantitative estimate of drug-likeness (QED) is 0.628. The minimum absolute atomic E-state index is 0.143. The van der Waals surface area contributed by atoms with Crippen LogP contribution in [0.5, 0.6) is 0 Å². The van der Waals surface area contributed by atoms with Gasteiger partial charge in [-0.2, -0.15) is 0 Å². The van der Waals surface area contributed by atoms with Crippen molar-refractivity contribution in [1.29, 1.82) is 0 Å². The molecule has 0 N–H and O–H groups in total. The van der Waals surface area contributed by atoms with Gasteiger partial charge in [-0.1, -0.05) is 0 Å². The van der Waals surface area contributed by atoms with Gasteiger partial charge in [0, 0.05) is 19.6 Å². The van der Waals surface area contributed by atoms with Gasteiger partial charge in [-0.25, -0.2) is 4.79 Å². The molecule has 2 saturated heterocycles. The lowest BCUT2D eigenvalue weighted by molar-refractivity contribution is 0.0220. The number of nitrogens with zero attached hydrogens (tertiary/aromatic N) is 2. The third-order valence-electron chi connectivity index (χ3n) is 3.36. The molecule has 0 aliphatic carbocycles. The number of amides is 1. The van der Waals surface area contributed by atoms with Crippen LogP contribution in [0.3, 0.4) is 0 Å². The van der Waals surface area contributed by atoms with Gasteiger partial charge in [-0.05, 0) is 40.2 Å². The molecule has 2 fully saturated rings. The lowest BCUT2D eigenvalue weighted by Crippen LogP contribution is -2.42. The van der Waals surface area contributed by atoms with Crippen molar-refractivity contribution in [2.75, 3.05) is 26.7 Å². The molecule has 1 amide bonds. The van der Waals surface area contributed by atoms with E-state index >= 15 is 0 Å². The van der Waals surface area contributed by atoms with Gasteiger partial charge in [0.05, 0.1) is 6.04 Å². The Hall–Kier alpha value is -0.770. The van der Waals surface area contributed by atoms with Crippen LogP contribution in [0.25, 0.3) is 0 Å². The van der Waals surface area contributed by atoms with Crippen molar-refractivity contribution in [3.63, 3.8) is 0 Å². The Balaban J connectivity index is 1.98. The fourth-order valence-corrected chi connectivity index (χ4v) is 2.72. The maximum absolute atomic E-state index is 12.0. The Morgan fingerprint density at radius 2 is 2.00 bits per heavy atom. The Bertz CT molecular complexity index is 285. The van der Waals surface area contributed by atoms with Crippen molar-refractivity contribution in [1.82, 2.24) is 9.80 Å². The van der Waals surface area contributed by atoms with E-state index in [2.05, 4.69) is 11.9 Å². The minimum atomic E-state index is -0.389. The first-order chi connectivity index (χ1) is 7.37. The summed E-state index contributed by atoms with van der Waals surface area (Å²) in [6.45, 7) is 8.71. The lowest BCUT2D eigenvalue weighted by atomic mass is 10.1. The molecule has 2 rings (SSSR count). The zero-order valence-electron chi connectivity index (χ0n) is 10.7. The summed E-state index contributed by atoms with van der Waals surface area (Å²) in [7, 11) is 2.12. The molecule has 0 aromatic carbocycles. The Morgan fingerprint density at radius 3 is 2.62 bits per heavy atom. The van der Waals surface area contributed by atoms with Gasteiger partial charge in [-0.15, -0.1) is 0 Å². The van der Waals surface area contributed by atoms with Gasteiger partial charge in [0.15, 0.2) is 0 Å². The van der Waals surface area contributed by atoms with Crippen LogP contribution in [0, 0.1) is 5.92 Å². The minimum Gasteiger partial charge on any atom is -0.444 e. The Kier molecular flexibility index (Phi) is 2.86. The van der Waals surface area contributed by atoms with Crippen molar-refractivity contribution < 1.29 is 9.53 Å². The largest absolute Gasteiger partial charge is 0.444 e. The molecule has 92 valence electrons. The third-order valence-corrected chi connectivity index (χ3v) is 3.36. The molecule has 0 spiro atoms. The van der Waals surface area contributed by atoms with Crippen molar-refractivity contribution in [3.05, 3.63) is 0 Å². The fourth-order valence-electron chi connectivity index (χ4n) is 2.72. The summed E-state index contributed by atoms with van der Waals surface area (Å²) < 4.78 is 5.43. The molecule has 0 saturated carbocycles. The van der Waals surface area contributed by atoms with E-state index in [1.807, 2.05) is 25.7 Å². The molecule has 4 nitrogen and oxygen atoms in total. The predicted molar refractivity (Wildman–Crippen MR) is 62.3 cm³/mol. The van der Waals surface area contributed by atoms with Gasteiger partial charge in [0.2, 0.25) is 0 Å². The van der Waals surface area contributed by atoms with Gasteiger partial charge >= 0.3 is 6.09 Å². The zero-order chi connectivity index (χ0) is 11.9. The van der Waals surface area contributed by atoms with Crippen LogP contribution in [0.2, 0.25) is 0 Å². The summed E-state index contributed by atoms with van der Waals surface area (Å²) in [5.41, 5.74) is -0.389. The van der Waals surface area contributed by atoms with Gasteiger partial charge in [0.25, 0.3) is 0 Å². The summed E-state index contributed by atoms with van der Waals surface area (Å²) in [5.74, 6) is 0.650. The highest BCUT2D eigenvalue weighted by Gasteiger charge is 2.43. The number of rotatable bonds is 0. The average Bonchev–Trinajstić information content (AvgIpc) is 2.58. The van der Waals surface area contributed by atoms with E-state index in [0.29, 0.717) is 12.0 Å². The second-order valence-corrected chi connectivity index (χ2v) is 6.01. The summed E-state index contributed by atoms with van der Waals surface area (Å²) in [6.07, 6.45) is 0.976. The van der Waals surface area contributed by atoms with Gasteiger partial charge < -0.3 is 14.5 Å². The van der Waals surface area contributed by atoms with Crippen LogP contribution in [0.1, 0.15) is 27.2 Å². The van der Waals surface area contributed by atoms with Crippen molar-refractivity contribution in [2.24, 2.45) is 5.92 Å². The molecule has 2 unspecified atom stereocenters. The topological polar surface area (TPSA) is 32.8 Å². The second kappa shape index (κ2) is 3.91. The number of ether oxygens (including phenoxy) is 1. The first-order valence-corrected chi connectivity index (χ1v) is 6.05. The number of fused-ring (bicyclic) bond motifs is 1. The van der Waals surface area contributed by atoms with E-state index in [1.165, 1.54) is 0 Å². The highest BCUT2D eigenvalue weighted by molar-refractivity contribution is 5.69. The summed E-state index contributed by atoms with van der Waals surface area (Å²) in [5, 5.41) is 0. The number of hydrogen-bond acceptors (Lipinski definition) is 3. The molecule has 2 aliphatic heterocycles. The van der Waals surface area contributed by atoms with Crippen molar-refractivity contribution in [2.45, 2.75) is 38.8 Å². The Morgan fingerprint density at radius 1 is 1.31 bits per heavy atom. The van der Waals surface area contributed by atoms with Crippen LogP contribution in [0.4, 0.5) is 4.79 Å². The highest BCUT2D eigenvalue weighted by atomic mass is 16.6. The summed E-state index contributed by atoms with van der Waals surface area (Å²) in [6, 6.07) is 0.375. The summed E-state index contributed by atoms with van der Waals surface area (Å²) >= 11 is 0. The van der Waals surface area contributed by atoms with Crippen molar-refractivity contribution >= 4 is 6.09 Å². The first kappa shape index (κ1) is 11.7. The van der Waals surface area contributed by atoms with E-state index in [1.54, 1.807) is 0 Å². The Labute approximate surface area is 97.5 Å². The maximum atomic E-state index is 12.0. The predicted octanol–water partition coefficient (Wildman–Crippen LogP) is 1.56. The number of likely N-dealkylation sites (tertiary alicyclic amines) is 2. The number of carbonyl (C=O) groups is 1. The average molecular weight is 226 g/mol.